The Hall–Kier alpha value is -1.68. The Morgan fingerprint density at radius 1 is 1.28 bits per heavy atom. The molecule has 0 fully saturated rings. The fraction of sp³-hybridized carbons (Fsp3) is 0.357. The molecule has 0 saturated carbocycles. The highest BCUT2D eigenvalue weighted by molar-refractivity contribution is 5.59. The molecular weight excluding hydrogens is 231 g/mol. The third kappa shape index (κ3) is 1.82. The average molecular weight is 246 g/mol. The second-order valence-corrected chi connectivity index (χ2v) is 4.73. The van der Waals surface area contributed by atoms with E-state index < -0.39 is 0 Å². The van der Waals surface area contributed by atoms with Crippen LogP contribution in [0.15, 0.2) is 30.3 Å². The van der Waals surface area contributed by atoms with E-state index in [1.807, 2.05) is 17.7 Å². The number of benzene rings is 1. The molecule has 3 rings (SSSR count). The number of fused-ring (bicyclic) bond motifs is 1. The van der Waals surface area contributed by atoms with E-state index >= 15 is 0 Å². The fourth-order valence-corrected chi connectivity index (χ4v) is 2.21. The SMILES string of the molecule is C[C@@H]1OCc2cc(-c3ccc(F)cc3)nn2[C@@H]1C. The summed E-state index contributed by atoms with van der Waals surface area (Å²) in [5.74, 6) is -0.229. The Labute approximate surface area is 105 Å². The van der Waals surface area contributed by atoms with E-state index in [0.717, 1.165) is 17.0 Å². The normalized spacial score (nSPS) is 22.8. The van der Waals surface area contributed by atoms with Crippen LogP contribution in [0.1, 0.15) is 25.6 Å². The summed E-state index contributed by atoms with van der Waals surface area (Å²) >= 11 is 0. The molecule has 18 heavy (non-hydrogen) atoms. The van der Waals surface area contributed by atoms with Crippen molar-refractivity contribution in [3.8, 4) is 11.3 Å². The summed E-state index contributed by atoms with van der Waals surface area (Å²) in [7, 11) is 0. The molecule has 0 amide bonds. The number of hydrogen-bond donors (Lipinski definition) is 0. The Morgan fingerprint density at radius 2 is 2.00 bits per heavy atom. The number of halogens is 1. The van der Waals surface area contributed by atoms with E-state index in [0.29, 0.717) is 6.61 Å². The van der Waals surface area contributed by atoms with Crippen molar-refractivity contribution in [2.75, 3.05) is 0 Å². The number of aromatic nitrogens is 2. The summed E-state index contributed by atoms with van der Waals surface area (Å²) < 4.78 is 20.6. The van der Waals surface area contributed by atoms with Gasteiger partial charge in [0, 0.05) is 5.56 Å². The van der Waals surface area contributed by atoms with Crippen molar-refractivity contribution in [1.29, 1.82) is 0 Å². The first-order chi connectivity index (χ1) is 8.65. The highest BCUT2D eigenvalue weighted by Crippen LogP contribution is 2.27. The van der Waals surface area contributed by atoms with Crippen molar-refractivity contribution in [2.24, 2.45) is 0 Å². The lowest BCUT2D eigenvalue weighted by atomic mass is 10.1. The van der Waals surface area contributed by atoms with Crippen molar-refractivity contribution < 1.29 is 9.13 Å². The number of ether oxygens (including phenoxy) is 1. The van der Waals surface area contributed by atoms with E-state index in [1.54, 1.807) is 12.1 Å². The molecule has 1 aromatic carbocycles. The molecule has 1 aromatic heterocycles. The maximum Gasteiger partial charge on any atom is 0.123 e. The first-order valence-electron chi connectivity index (χ1n) is 6.11. The van der Waals surface area contributed by atoms with Crippen LogP contribution >= 0.6 is 0 Å². The fourth-order valence-electron chi connectivity index (χ4n) is 2.21. The van der Waals surface area contributed by atoms with Gasteiger partial charge in [0.05, 0.1) is 30.1 Å². The minimum Gasteiger partial charge on any atom is -0.370 e. The Morgan fingerprint density at radius 3 is 2.72 bits per heavy atom. The van der Waals surface area contributed by atoms with Crippen LogP contribution in [0.25, 0.3) is 11.3 Å². The highest BCUT2D eigenvalue weighted by atomic mass is 19.1. The first kappa shape index (κ1) is 11.4. The zero-order chi connectivity index (χ0) is 12.7. The Balaban J connectivity index is 2.00. The van der Waals surface area contributed by atoms with Gasteiger partial charge in [0.1, 0.15) is 5.82 Å². The van der Waals surface area contributed by atoms with Crippen LogP contribution in [-0.2, 0) is 11.3 Å². The topological polar surface area (TPSA) is 27.1 Å². The van der Waals surface area contributed by atoms with Crippen LogP contribution in [0.3, 0.4) is 0 Å². The summed E-state index contributed by atoms with van der Waals surface area (Å²) in [6, 6.07) is 8.64. The molecule has 2 aromatic rings. The maximum atomic E-state index is 12.9. The highest BCUT2D eigenvalue weighted by Gasteiger charge is 2.25. The van der Waals surface area contributed by atoms with Gasteiger partial charge in [-0.1, -0.05) is 0 Å². The Bertz CT molecular complexity index is 562. The molecule has 2 atom stereocenters. The first-order valence-corrected chi connectivity index (χ1v) is 6.11. The van der Waals surface area contributed by atoms with Gasteiger partial charge in [-0.25, -0.2) is 4.39 Å². The lowest BCUT2D eigenvalue weighted by Crippen LogP contribution is -2.29. The van der Waals surface area contributed by atoms with Crippen molar-refractivity contribution in [3.05, 3.63) is 41.8 Å². The quantitative estimate of drug-likeness (QED) is 0.772. The van der Waals surface area contributed by atoms with Gasteiger partial charge in [0.25, 0.3) is 0 Å². The number of rotatable bonds is 1. The van der Waals surface area contributed by atoms with Gasteiger partial charge in [-0.3, -0.25) is 4.68 Å². The molecule has 0 spiro atoms. The van der Waals surface area contributed by atoms with Gasteiger partial charge in [0.2, 0.25) is 0 Å². The molecule has 94 valence electrons. The molecule has 3 nitrogen and oxygen atoms in total. The van der Waals surface area contributed by atoms with Crippen molar-refractivity contribution in [2.45, 2.75) is 32.6 Å². The van der Waals surface area contributed by atoms with Crippen molar-refractivity contribution >= 4 is 0 Å². The second kappa shape index (κ2) is 4.21. The van der Waals surface area contributed by atoms with Gasteiger partial charge in [0.15, 0.2) is 0 Å². The molecular formula is C14H15FN2O. The Kier molecular flexibility index (Phi) is 2.67. The molecule has 1 aliphatic heterocycles. The second-order valence-electron chi connectivity index (χ2n) is 4.73. The van der Waals surface area contributed by atoms with Crippen molar-refractivity contribution in [1.82, 2.24) is 9.78 Å². The summed E-state index contributed by atoms with van der Waals surface area (Å²) in [5.41, 5.74) is 2.87. The summed E-state index contributed by atoms with van der Waals surface area (Å²) in [5, 5.41) is 4.60. The van der Waals surface area contributed by atoms with E-state index in [4.69, 9.17) is 4.74 Å². The molecule has 0 aliphatic carbocycles. The molecule has 0 radical (unpaired) electrons. The van der Waals surface area contributed by atoms with Crippen LogP contribution in [-0.4, -0.2) is 15.9 Å². The van der Waals surface area contributed by atoms with Crippen LogP contribution in [0.4, 0.5) is 4.39 Å². The third-order valence-electron chi connectivity index (χ3n) is 3.51. The van der Waals surface area contributed by atoms with Crippen LogP contribution < -0.4 is 0 Å². The lowest BCUT2D eigenvalue weighted by molar-refractivity contribution is -0.0104. The predicted octanol–water partition coefficient (Wildman–Crippen LogP) is 3.17. The van der Waals surface area contributed by atoms with Gasteiger partial charge < -0.3 is 4.74 Å². The molecule has 0 bridgehead atoms. The zero-order valence-corrected chi connectivity index (χ0v) is 10.4. The van der Waals surface area contributed by atoms with Gasteiger partial charge in [-0.2, -0.15) is 5.10 Å². The van der Waals surface area contributed by atoms with Gasteiger partial charge >= 0.3 is 0 Å². The van der Waals surface area contributed by atoms with E-state index in [-0.39, 0.29) is 18.0 Å². The average Bonchev–Trinajstić information content (AvgIpc) is 2.80. The molecule has 1 aliphatic rings. The number of hydrogen-bond acceptors (Lipinski definition) is 2. The van der Waals surface area contributed by atoms with E-state index in [2.05, 4.69) is 12.0 Å². The van der Waals surface area contributed by atoms with Gasteiger partial charge in [-0.05, 0) is 44.2 Å². The van der Waals surface area contributed by atoms with Crippen LogP contribution in [0.5, 0.6) is 0 Å². The third-order valence-corrected chi connectivity index (χ3v) is 3.51. The summed E-state index contributed by atoms with van der Waals surface area (Å²) in [4.78, 5) is 0. The number of nitrogens with zero attached hydrogens (tertiary/aromatic N) is 2. The maximum absolute atomic E-state index is 12.9. The standard InChI is InChI=1S/C14H15FN2O/c1-9-10(2)18-8-13-7-14(16-17(9)13)11-3-5-12(15)6-4-11/h3-7,9-10H,8H2,1-2H3/t9-,10+/m1/s1. The largest absolute Gasteiger partial charge is 0.370 e. The van der Waals surface area contributed by atoms with E-state index in [1.165, 1.54) is 12.1 Å². The van der Waals surface area contributed by atoms with Crippen LogP contribution in [0.2, 0.25) is 0 Å². The molecule has 4 heteroatoms. The van der Waals surface area contributed by atoms with Crippen LogP contribution in [0, 0.1) is 5.82 Å². The summed E-state index contributed by atoms with van der Waals surface area (Å²) in [6.45, 7) is 4.72. The molecule has 0 unspecified atom stereocenters. The molecule has 0 N–H and O–H groups in total. The monoisotopic (exact) mass is 246 g/mol. The molecule has 0 saturated heterocycles. The molecule has 2 heterocycles. The smallest absolute Gasteiger partial charge is 0.123 e. The minimum atomic E-state index is -0.229. The van der Waals surface area contributed by atoms with Gasteiger partial charge in [-0.15, -0.1) is 0 Å². The van der Waals surface area contributed by atoms with Crippen molar-refractivity contribution in [3.63, 3.8) is 0 Å². The lowest BCUT2D eigenvalue weighted by Gasteiger charge is -2.27. The predicted molar refractivity (Wildman–Crippen MR) is 66.6 cm³/mol. The zero-order valence-electron chi connectivity index (χ0n) is 10.4. The van der Waals surface area contributed by atoms with E-state index in [9.17, 15) is 4.39 Å². The summed E-state index contributed by atoms with van der Waals surface area (Å²) in [6.07, 6.45) is 0.165. The minimum absolute atomic E-state index is 0.165.